The van der Waals surface area contributed by atoms with E-state index < -0.39 is 22.6 Å². The van der Waals surface area contributed by atoms with Gasteiger partial charge in [0, 0.05) is 28.9 Å². The van der Waals surface area contributed by atoms with Crippen molar-refractivity contribution in [1.82, 2.24) is 4.90 Å². The van der Waals surface area contributed by atoms with Crippen molar-refractivity contribution in [2.45, 2.75) is 53.0 Å². The number of nitrogens with zero attached hydrogens (tertiary/aromatic N) is 1. The van der Waals surface area contributed by atoms with Gasteiger partial charge in [-0.1, -0.05) is 70.7 Å². The summed E-state index contributed by atoms with van der Waals surface area (Å²) in [5.74, 6) is -1.74. The quantitative estimate of drug-likeness (QED) is 0.258. The molecule has 6 atom stereocenters. The fraction of sp³-hybridized carbons (Fsp3) is 0.464. The van der Waals surface area contributed by atoms with Crippen LogP contribution in [0.15, 0.2) is 54.6 Å². The number of carbonyl (C=O) groups excluding carboxylic acids is 3. The number of fused-ring (bicyclic) bond motifs is 1. The first-order chi connectivity index (χ1) is 18.4. The number of rotatable bonds is 10. The number of halogens is 2. The Bertz CT molecular complexity index is 1200. The lowest BCUT2D eigenvalue weighted by molar-refractivity contribution is -0.138. The number of para-hydroxylation sites is 2. The zero-order chi connectivity index (χ0) is 26.9. The molecule has 2 aromatic rings. The third-order valence-corrected chi connectivity index (χ3v) is 11.4. The Labute approximate surface area is 240 Å². The normalized spacial score (nSPS) is 29.4. The van der Waals surface area contributed by atoms with Crippen molar-refractivity contribution in [3.05, 3.63) is 59.6 Å². The molecule has 38 heavy (non-hydrogen) atoms. The highest BCUT2D eigenvalue weighted by molar-refractivity contribution is 9.09. The van der Waals surface area contributed by atoms with E-state index in [1.807, 2.05) is 30.3 Å². The molecule has 3 aliphatic heterocycles. The van der Waals surface area contributed by atoms with Crippen molar-refractivity contribution in [2.75, 3.05) is 23.8 Å². The second-order valence-corrected chi connectivity index (χ2v) is 13.3. The molecule has 3 amide bonds. The number of benzene rings is 2. The molecule has 3 saturated heterocycles. The lowest BCUT2D eigenvalue weighted by atomic mass is 9.70. The maximum Gasteiger partial charge on any atom is 0.248 e. The molecule has 3 unspecified atom stereocenters. The van der Waals surface area contributed by atoms with Gasteiger partial charge in [0.25, 0.3) is 0 Å². The SMILES string of the molecule is O=C(Nc1ccccc1Cl)C1N(CCCCCCO)C(=O)[C@@H]2[C@@H](C(=O)Nc3ccccc3)[C@@H]3SC12CC3Br. The number of hydrogen-bond donors (Lipinski definition) is 3. The minimum absolute atomic E-state index is 0.00295. The van der Waals surface area contributed by atoms with Crippen LogP contribution in [-0.4, -0.2) is 61.7 Å². The van der Waals surface area contributed by atoms with Crippen LogP contribution in [0, 0.1) is 11.8 Å². The largest absolute Gasteiger partial charge is 0.396 e. The first-order valence-corrected chi connectivity index (χ1v) is 15.2. The van der Waals surface area contributed by atoms with Crippen LogP contribution in [0.4, 0.5) is 11.4 Å². The molecule has 7 nitrogen and oxygen atoms in total. The molecule has 1 spiro atoms. The lowest BCUT2D eigenvalue weighted by Crippen LogP contribution is -2.52. The summed E-state index contributed by atoms with van der Waals surface area (Å²) in [7, 11) is 0. The minimum Gasteiger partial charge on any atom is -0.396 e. The Morgan fingerprint density at radius 2 is 1.74 bits per heavy atom. The third-order valence-electron chi connectivity index (χ3n) is 7.82. The number of aliphatic hydroxyl groups excluding tert-OH is 1. The summed E-state index contributed by atoms with van der Waals surface area (Å²) >= 11 is 11.7. The summed E-state index contributed by atoms with van der Waals surface area (Å²) in [6.07, 6.45) is 3.75. The molecule has 2 aromatic carbocycles. The first kappa shape index (κ1) is 27.5. The number of anilines is 2. The summed E-state index contributed by atoms with van der Waals surface area (Å²) in [4.78, 5) is 43.3. The first-order valence-electron chi connectivity index (χ1n) is 13.0. The van der Waals surface area contributed by atoms with Gasteiger partial charge in [0.15, 0.2) is 0 Å². The average molecular weight is 621 g/mol. The number of hydrogen-bond acceptors (Lipinski definition) is 5. The second-order valence-electron chi connectivity index (χ2n) is 10.2. The molecule has 5 rings (SSSR count). The van der Waals surface area contributed by atoms with Gasteiger partial charge < -0.3 is 20.6 Å². The number of alkyl halides is 1. The highest BCUT2D eigenvalue weighted by atomic mass is 79.9. The van der Waals surface area contributed by atoms with E-state index in [1.165, 1.54) is 0 Å². The van der Waals surface area contributed by atoms with Crippen LogP contribution in [0.1, 0.15) is 32.1 Å². The zero-order valence-electron chi connectivity index (χ0n) is 20.8. The summed E-state index contributed by atoms with van der Waals surface area (Å²) < 4.78 is -0.717. The number of carbonyl (C=O) groups is 3. The molecular formula is C28H31BrClN3O4S. The maximum absolute atomic E-state index is 14.1. The van der Waals surface area contributed by atoms with Crippen molar-refractivity contribution in [1.29, 1.82) is 0 Å². The minimum atomic E-state index is -0.723. The van der Waals surface area contributed by atoms with Gasteiger partial charge >= 0.3 is 0 Å². The summed E-state index contributed by atoms with van der Waals surface area (Å²) in [6, 6.07) is 15.6. The molecule has 0 aromatic heterocycles. The second kappa shape index (κ2) is 11.6. The standard InChI is InChI=1S/C28H31BrClN3O4S/c29-18-16-28-22(21(23(18)38-28)25(35)31-17-10-4-3-5-11-17)27(37)33(14-8-1-2-9-15-34)24(28)26(36)32-20-13-7-6-12-19(20)30/h3-7,10-13,18,21-24,34H,1-2,8-9,14-16H2,(H,31,35)(H,32,36)/t18?,21-,22+,23-,24?,28?/m1/s1. The Morgan fingerprint density at radius 3 is 2.47 bits per heavy atom. The summed E-state index contributed by atoms with van der Waals surface area (Å²) in [6.45, 7) is 0.563. The Hall–Kier alpha value is -2.07. The number of amides is 3. The number of thioether (sulfide) groups is 1. The van der Waals surface area contributed by atoms with Crippen molar-refractivity contribution >= 4 is 68.4 Å². The Balaban J connectivity index is 1.45. The van der Waals surface area contributed by atoms with Gasteiger partial charge in [0.05, 0.1) is 27.3 Å². The predicted octanol–water partition coefficient (Wildman–Crippen LogP) is 4.93. The van der Waals surface area contributed by atoms with Gasteiger partial charge in [-0.15, -0.1) is 11.8 Å². The molecule has 0 saturated carbocycles. The molecule has 0 radical (unpaired) electrons. The van der Waals surface area contributed by atoms with Gasteiger partial charge in [-0.05, 0) is 43.5 Å². The van der Waals surface area contributed by atoms with E-state index in [9.17, 15) is 14.4 Å². The van der Waals surface area contributed by atoms with Crippen molar-refractivity contribution in [3.8, 4) is 0 Å². The molecule has 2 bridgehead atoms. The predicted molar refractivity (Wildman–Crippen MR) is 155 cm³/mol. The summed E-state index contributed by atoms with van der Waals surface area (Å²) in [5, 5.41) is 15.4. The van der Waals surface area contributed by atoms with E-state index in [2.05, 4.69) is 26.6 Å². The average Bonchev–Trinajstić information content (AvgIpc) is 3.49. The van der Waals surface area contributed by atoms with E-state index in [4.69, 9.17) is 16.7 Å². The van der Waals surface area contributed by atoms with Crippen LogP contribution in [0.3, 0.4) is 0 Å². The van der Waals surface area contributed by atoms with Crippen LogP contribution in [0.2, 0.25) is 5.02 Å². The van der Waals surface area contributed by atoms with Crippen molar-refractivity contribution in [3.63, 3.8) is 0 Å². The van der Waals surface area contributed by atoms with Crippen LogP contribution in [0.5, 0.6) is 0 Å². The smallest absolute Gasteiger partial charge is 0.248 e. The van der Waals surface area contributed by atoms with Crippen LogP contribution in [-0.2, 0) is 14.4 Å². The monoisotopic (exact) mass is 619 g/mol. The van der Waals surface area contributed by atoms with Gasteiger partial charge in [-0.2, -0.15) is 0 Å². The fourth-order valence-corrected chi connectivity index (χ4v) is 10.0. The van der Waals surface area contributed by atoms with Crippen molar-refractivity contribution in [2.24, 2.45) is 11.8 Å². The van der Waals surface area contributed by atoms with Crippen LogP contribution in [0.25, 0.3) is 0 Å². The van der Waals surface area contributed by atoms with E-state index in [1.54, 1.807) is 40.9 Å². The highest BCUT2D eigenvalue weighted by Gasteiger charge is 2.75. The molecule has 3 aliphatic rings. The maximum atomic E-state index is 14.1. The molecule has 3 fully saturated rings. The lowest BCUT2D eigenvalue weighted by Gasteiger charge is -2.35. The fourth-order valence-electron chi connectivity index (χ4n) is 6.23. The number of aliphatic hydroxyl groups is 1. The molecular weight excluding hydrogens is 590 g/mol. The third kappa shape index (κ3) is 4.98. The molecule has 10 heteroatoms. The van der Waals surface area contributed by atoms with E-state index in [-0.39, 0.29) is 34.4 Å². The van der Waals surface area contributed by atoms with Gasteiger partial charge in [0.2, 0.25) is 17.7 Å². The molecule has 3 heterocycles. The topological polar surface area (TPSA) is 98.7 Å². The number of unbranched alkanes of at least 4 members (excludes halogenated alkanes) is 3. The number of nitrogens with one attached hydrogen (secondary N) is 2. The van der Waals surface area contributed by atoms with Gasteiger partial charge in [0.1, 0.15) is 6.04 Å². The highest BCUT2D eigenvalue weighted by Crippen LogP contribution is 2.67. The Kier molecular flexibility index (Phi) is 8.38. The van der Waals surface area contributed by atoms with Crippen molar-refractivity contribution < 1.29 is 19.5 Å². The van der Waals surface area contributed by atoms with Gasteiger partial charge in [-0.3, -0.25) is 14.4 Å². The van der Waals surface area contributed by atoms with Gasteiger partial charge in [-0.25, -0.2) is 0 Å². The van der Waals surface area contributed by atoms with E-state index >= 15 is 0 Å². The zero-order valence-corrected chi connectivity index (χ0v) is 24.0. The summed E-state index contributed by atoms with van der Waals surface area (Å²) in [5.41, 5.74) is 1.19. The van der Waals surface area contributed by atoms with E-state index in [0.717, 1.165) is 19.3 Å². The Morgan fingerprint density at radius 1 is 1.03 bits per heavy atom. The van der Waals surface area contributed by atoms with Crippen LogP contribution >= 0.6 is 39.3 Å². The molecule has 202 valence electrons. The molecule has 0 aliphatic carbocycles. The number of likely N-dealkylation sites (tertiary alicyclic amines) is 1. The van der Waals surface area contributed by atoms with Crippen LogP contribution < -0.4 is 10.6 Å². The van der Waals surface area contributed by atoms with E-state index in [0.29, 0.717) is 35.8 Å². The molecule has 3 N–H and O–H groups in total.